The molecule has 118 valence electrons. The van der Waals surface area contributed by atoms with Gasteiger partial charge in [0.2, 0.25) is 0 Å². The first kappa shape index (κ1) is 14.6. The first-order valence-electron chi connectivity index (χ1n) is 7.69. The molecule has 4 rings (SSSR count). The Morgan fingerprint density at radius 1 is 1.22 bits per heavy atom. The van der Waals surface area contributed by atoms with Crippen molar-refractivity contribution in [1.82, 2.24) is 10.6 Å². The molecule has 1 saturated heterocycles. The minimum atomic E-state index is -0.378. The third-order valence-electron chi connectivity index (χ3n) is 4.45. The molecule has 23 heavy (non-hydrogen) atoms. The van der Waals surface area contributed by atoms with E-state index in [1.54, 1.807) is 12.1 Å². The SMILES string of the molecule is Cc1ccc2c(c1)CC1C(=S)NC(c3ccccc3F)NC1O2. The molecule has 0 bridgehead atoms. The number of nitrogens with one attached hydrogen (secondary N) is 2. The summed E-state index contributed by atoms with van der Waals surface area (Å²) in [6.07, 6.45) is 0.199. The average molecular weight is 328 g/mol. The van der Waals surface area contributed by atoms with Gasteiger partial charge in [-0.1, -0.05) is 48.1 Å². The Kier molecular flexibility index (Phi) is 3.54. The summed E-state index contributed by atoms with van der Waals surface area (Å²) in [6, 6.07) is 12.9. The van der Waals surface area contributed by atoms with Gasteiger partial charge in [-0.15, -0.1) is 0 Å². The van der Waals surface area contributed by atoms with Crippen LogP contribution in [0.5, 0.6) is 5.75 Å². The van der Waals surface area contributed by atoms with Gasteiger partial charge in [0.1, 0.15) is 17.7 Å². The van der Waals surface area contributed by atoms with E-state index in [4.69, 9.17) is 17.0 Å². The molecule has 0 spiro atoms. The van der Waals surface area contributed by atoms with Crippen LogP contribution in [0.4, 0.5) is 4.39 Å². The fourth-order valence-electron chi connectivity index (χ4n) is 3.26. The fourth-order valence-corrected chi connectivity index (χ4v) is 3.58. The zero-order valence-corrected chi connectivity index (χ0v) is 13.5. The van der Waals surface area contributed by atoms with Crippen molar-refractivity contribution < 1.29 is 9.13 Å². The van der Waals surface area contributed by atoms with Crippen LogP contribution in [0.2, 0.25) is 0 Å². The summed E-state index contributed by atoms with van der Waals surface area (Å²) in [5, 5.41) is 6.56. The Balaban J connectivity index is 1.63. The number of hydrogen-bond donors (Lipinski definition) is 2. The molecule has 2 aromatic carbocycles. The van der Waals surface area contributed by atoms with Crippen LogP contribution < -0.4 is 15.4 Å². The molecule has 2 N–H and O–H groups in total. The van der Waals surface area contributed by atoms with Crippen molar-refractivity contribution in [1.29, 1.82) is 0 Å². The first-order chi connectivity index (χ1) is 11.1. The van der Waals surface area contributed by atoms with E-state index in [0.29, 0.717) is 10.6 Å². The van der Waals surface area contributed by atoms with Gasteiger partial charge in [-0.2, -0.15) is 0 Å². The van der Waals surface area contributed by atoms with E-state index < -0.39 is 0 Å². The smallest absolute Gasteiger partial charge is 0.161 e. The van der Waals surface area contributed by atoms with Crippen molar-refractivity contribution in [2.45, 2.75) is 25.7 Å². The third-order valence-corrected chi connectivity index (χ3v) is 4.87. The van der Waals surface area contributed by atoms with Crippen molar-refractivity contribution >= 4 is 17.2 Å². The Labute approximate surface area is 139 Å². The van der Waals surface area contributed by atoms with Gasteiger partial charge in [0.05, 0.1) is 10.9 Å². The number of hydrogen-bond acceptors (Lipinski definition) is 3. The van der Waals surface area contributed by atoms with Gasteiger partial charge >= 0.3 is 0 Å². The molecule has 3 nitrogen and oxygen atoms in total. The first-order valence-corrected chi connectivity index (χ1v) is 8.10. The predicted molar refractivity (Wildman–Crippen MR) is 90.8 cm³/mol. The summed E-state index contributed by atoms with van der Waals surface area (Å²) in [5.41, 5.74) is 2.92. The summed E-state index contributed by atoms with van der Waals surface area (Å²) in [5.74, 6) is 0.675. The van der Waals surface area contributed by atoms with Crippen LogP contribution in [0.3, 0.4) is 0 Å². The number of aryl methyl sites for hydroxylation is 1. The van der Waals surface area contributed by atoms with E-state index in [1.807, 2.05) is 18.2 Å². The van der Waals surface area contributed by atoms with E-state index >= 15 is 0 Å². The summed E-state index contributed by atoms with van der Waals surface area (Å²) in [7, 11) is 0. The highest BCUT2D eigenvalue weighted by Gasteiger charge is 2.39. The Morgan fingerprint density at radius 2 is 2.04 bits per heavy atom. The molecule has 0 aliphatic carbocycles. The minimum absolute atomic E-state index is 0.0577. The highest BCUT2D eigenvalue weighted by Crippen LogP contribution is 2.34. The Hall–Kier alpha value is -1.98. The predicted octanol–water partition coefficient (Wildman–Crippen LogP) is 3.23. The highest BCUT2D eigenvalue weighted by atomic mass is 32.1. The number of rotatable bonds is 1. The second-order valence-electron chi connectivity index (χ2n) is 6.09. The maximum atomic E-state index is 14.0. The maximum absolute atomic E-state index is 14.0. The lowest BCUT2D eigenvalue weighted by atomic mass is 9.91. The van der Waals surface area contributed by atoms with Gasteiger partial charge in [0.15, 0.2) is 6.23 Å². The van der Waals surface area contributed by atoms with Crippen molar-refractivity contribution in [3.05, 3.63) is 65.0 Å². The van der Waals surface area contributed by atoms with Crippen LogP contribution in [0.15, 0.2) is 42.5 Å². The lowest BCUT2D eigenvalue weighted by Gasteiger charge is -2.42. The molecular formula is C18H17FN2OS. The fraction of sp³-hybridized carbons (Fsp3) is 0.278. The lowest BCUT2D eigenvalue weighted by Crippen LogP contribution is -2.60. The normalized spacial score (nSPS) is 25.8. The summed E-state index contributed by atoms with van der Waals surface area (Å²) < 4.78 is 20.1. The zero-order valence-electron chi connectivity index (χ0n) is 12.7. The van der Waals surface area contributed by atoms with Crippen LogP contribution in [0.25, 0.3) is 0 Å². The summed E-state index contributed by atoms with van der Waals surface area (Å²) in [6.45, 7) is 2.07. The summed E-state index contributed by atoms with van der Waals surface area (Å²) >= 11 is 5.53. The number of halogens is 1. The van der Waals surface area contributed by atoms with E-state index in [2.05, 4.69) is 23.6 Å². The molecule has 2 heterocycles. The van der Waals surface area contributed by atoms with E-state index in [-0.39, 0.29) is 24.1 Å². The van der Waals surface area contributed by atoms with Crippen LogP contribution in [0, 0.1) is 18.7 Å². The second-order valence-corrected chi connectivity index (χ2v) is 6.53. The van der Waals surface area contributed by atoms with E-state index in [0.717, 1.165) is 12.2 Å². The van der Waals surface area contributed by atoms with Crippen molar-refractivity contribution in [2.24, 2.45) is 5.92 Å². The molecule has 0 amide bonds. The molecule has 3 atom stereocenters. The van der Waals surface area contributed by atoms with Crippen LogP contribution >= 0.6 is 12.2 Å². The number of fused-ring (bicyclic) bond motifs is 2. The number of ether oxygens (including phenoxy) is 1. The van der Waals surface area contributed by atoms with Crippen LogP contribution in [-0.2, 0) is 6.42 Å². The largest absolute Gasteiger partial charge is 0.474 e. The van der Waals surface area contributed by atoms with Crippen LogP contribution in [-0.4, -0.2) is 11.2 Å². The van der Waals surface area contributed by atoms with Gasteiger partial charge < -0.3 is 10.1 Å². The molecule has 2 aliphatic heterocycles. The standard InChI is InChI=1S/C18H17FN2OS/c1-10-6-7-15-11(8-10)9-13-17(22-15)20-16(21-18(13)23)12-4-2-3-5-14(12)19/h2-8,13,16-17,20H,9H2,1H3,(H,21,23). The number of benzene rings is 2. The number of thiocarbonyl (C=S) groups is 1. The topological polar surface area (TPSA) is 33.3 Å². The molecule has 2 aromatic rings. The van der Waals surface area contributed by atoms with Gasteiger partial charge in [-0.25, -0.2) is 4.39 Å². The third kappa shape index (κ3) is 2.60. The highest BCUT2D eigenvalue weighted by molar-refractivity contribution is 7.80. The molecule has 3 unspecified atom stereocenters. The molecule has 0 saturated carbocycles. The average Bonchev–Trinajstić information content (AvgIpc) is 2.54. The molecular weight excluding hydrogens is 311 g/mol. The van der Waals surface area contributed by atoms with E-state index in [1.165, 1.54) is 17.2 Å². The van der Waals surface area contributed by atoms with Gasteiger partial charge in [-0.3, -0.25) is 5.32 Å². The van der Waals surface area contributed by atoms with Crippen LogP contribution in [0.1, 0.15) is 22.9 Å². The van der Waals surface area contributed by atoms with Gasteiger partial charge in [0, 0.05) is 5.56 Å². The quantitative estimate of drug-likeness (QED) is 0.788. The monoisotopic (exact) mass is 328 g/mol. The molecule has 0 aromatic heterocycles. The van der Waals surface area contributed by atoms with Crippen molar-refractivity contribution in [3.63, 3.8) is 0 Å². The van der Waals surface area contributed by atoms with Gasteiger partial charge in [0.25, 0.3) is 0 Å². The maximum Gasteiger partial charge on any atom is 0.161 e. The van der Waals surface area contributed by atoms with E-state index in [9.17, 15) is 4.39 Å². The van der Waals surface area contributed by atoms with Crippen molar-refractivity contribution in [2.75, 3.05) is 0 Å². The molecule has 1 fully saturated rings. The second kappa shape index (κ2) is 5.58. The lowest BCUT2D eigenvalue weighted by molar-refractivity contribution is 0.0799. The van der Waals surface area contributed by atoms with Gasteiger partial charge in [-0.05, 0) is 31.0 Å². The van der Waals surface area contributed by atoms with Crippen molar-refractivity contribution in [3.8, 4) is 5.75 Å². The molecule has 0 radical (unpaired) electrons. The molecule has 5 heteroatoms. The molecule has 2 aliphatic rings. The Morgan fingerprint density at radius 3 is 2.87 bits per heavy atom. The zero-order chi connectivity index (χ0) is 16.0. The summed E-state index contributed by atoms with van der Waals surface area (Å²) in [4.78, 5) is 0.717. The Bertz CT molecular complexity index is 779. The minimum Gasteiger partial charge on any atom is -0.474 e.